The molecule has 33 heavy (non-hydrogen) atoms. The zero-order valence-electron chi connectivity index (χ0n) is 21.7. The Bertz CT molecular complexity index is 346. The van der Waals surface area contributed by atoms with E-state index in [0.717, 1.165) is 49.9 Å². The minimum Gasteiger partial charge on any atom is -0.360 e. The Hall–Kier alpha value is 0.548. The van der Waals surface area contributed by atoms with E-state index in [0.29, 0.717) is 38.1 Å². The van der Waals surface area contributed by atoms with Gasteiger partial charge in [0.15, 0.2) is 0 Å². The van der Waals surface area contributed by atoms with Crippen LogP contribution in [0.25, 0.3) is 0 Å². The van der Waals surface area contributed by atoms with Crippen LogP contribution >= 0.6 is 0 Å². The second-order valence-electron chi connectivity index (χ2n) is 7.53. The molecule has 0 aromatic heterocycles. The summed E-state index contributed by atoms with van der Waals surface area (Å²) in [6.07, 6.45) is 4.53. The molecule has 0 aromatic rings. The highest BCUT2D eigenvalue weighted by molar-refractivity contribution is 6.37. The fraction of sp³-hybridized carbons (Fsp3) is 1.00. The summed E-state index contributed by atoms with van der Waals surface area (Å²) < 4.78 is 43.5. The summed E-state index contributed by atoms with van der Waals surface area (Å²) in [5.41, 5.74) is 0.218. The maximum Gasteiger partial charge on any atom is 0.136 e. The van der Waals surface area contributed by atoms with Gasteiger partial charge in [0.05, 0.1) is 0 Å². The van der Waals surface area contributed by atoms with Crippen molar-refractivity contribution in [1.29, 1.82) is 0 Å². The molecule has 0 aliphatic heterocycles. The second kappa shape index (κ2) is 21.8. The van der Waals surface area contributed by atoms with Gasteiger partial charge >= 0.3 is 0 Å². The second-order valence-corrected chi connectivity index (χ2v) is 13.0. The third kappa shape index (κ3) is 15.3. The summed E-state index contributed by atoms with van der Waals surface area (Å²) >= 11 is 0. The quantitative estimate of drug-likeness (QED) is 0.137. The molecule has 192 valence electrons. The van der Waals surface area contributed by atoms with Gasteiger partial charge in [-0.15, -0.1) is 0 Å². The van der Waals surface area contributed by atoms with Crippen LogP contribution in [0.15, 0.2) is 0 Å². The molecule has 0 rings (SSSR count). The number of methoxy groups -OCH3 is 8. The predicted octanol–water partition coefficient (Wildman–Crippen LogP) is 2.33. The van der Waals surface area contributed by atoms with E-state index >= 15 is 0 Å². The van der Waals surface area contributed by atoms with E-state index in [1.807, 2.05) is 0 Å². The fourth-order valence-electron chi connectivity index (χ4n) is 3.62. The Kier molecular flexibility index (Phi) is 22.2. The molecule has 12 heteroatoms. The van der Waals surface area contributed by atoms with Crippen LogP contribution in [0.4, 0.5) is 0 Å². The zero-order valence-corrected chi connectivity index (χ0v) is 25.7. The van der Waals surface area contributed by atoms with Crippen LogP contribution in [0, 0.1) is 5.41 Å². The number of rotatable bonds is 24. The summed E-state index contributed by atoms with van der Waals surface area (Å²) in [7, 11) is 16.1. The normalized spacial score (nSPS) is 12.7. The molecule has 0 saturated carbocycles. The highest BCUT2D eigenvalue weighted by atomic mass is 28.2. The molecule has 0 aliphatic carbocycles. The first-order chi connectivity index (χ1) is 16.0. The highest BCUT2D eigenvalue weighted by Crippen LogP contribution is 2.41. The molecule has 8 nitrogen and oxygen atoms in total. The summed E-state index contributed by atoms with van der Waals surface area (Å²) in [6, 6.07) is 4.32. The SMILES string of the molecule is COC(OC)[Si]CCC(CC[Si]C(OC)OC)(CC[Si]C(OC)OC)CC[Si]C(OC)OC. The van der Waals surface area contributed by atoms with Crippen LogP contribution in [0.2, 0.25) is 24.2 Å². The third-order valence-electron chi connectivity index (χ3n) is 5.58. The molecule has 0 spiro atoms. The van der Waals surface area contributed by atoms with E-state index in [2.05, 4.69) is 0 Å². The van der Waals surface area contributed by atoms with Crippen molar-refractivity contribution in [2.24, 2.45) is 5.41 Å². The lowest BCUT2D eigenvalue weighted by Gasteiger charge is -2.36. The topological polar surface area (TPSA) is 73.8 Å². The van der Waals surface area contributed by atoms with Crippen LogP contribution in [-0.2, 0) is 37.9 Å². The fourth-order valence-corrected chi connectivity index (χ4v) is 8.60. The molecule has 0 unspecified atom stereocenters. The smallest absolute Gasteiger partial charge is 0.136 e. The van der Waals surface area contributed by atoms with E-state index < -0.39 is 0 Å². The summed E-state index contributed by atoms with van der Waals surface area (Å²) in [5, 5.41) is 0. The van der Waals surface area contributed by atoms with Gasteiger partial charge in [0.25, 0.3) is 0 Å². The number of hydrogen-bond acceptors (Lipinski definition) is 8. The molecule has 0 aromatic carbocycles. The van der Waals surface area contributed by atoms with Crippen molar-refractivity contribution >= 4 is 38.1 Å². The summed E-state index contributed by atoms with van der Waals surface area (Å²) in [6.45, 7) is 0. The van der Waals surface area contributed by atoms with Crippen LogP contribution in [0.5, 0.6) is 0 Å². The summed E-state index contributed by atoms with van der Waals surface area (Å²) in [5.74, 6) is -0.510. The lowest BCUT2D eigenvalue weighted by atomic mass is 9.77. The van der Waals surface area contributed by atoms with Gasteiger partial charge in [-0.1, -0.05) is 49.9 Å². The maximum absolute atomic E-state index is 5.43. The van der Waals surface area contributed by atoms with Crippen molar-refractivity contribution < 1.29 is 37.9 Å². The summed E-state index contributed by atoms with van der Waals surface area (Å²) in [4.78, 5) is 0. The van der Waals surface area contributed by atoms with Crippen LogP contribution < -0.4 is 0 Å². The molecular formula is C21H44O8Si4. The first-order valence-corrected chi connectivity index (χ1v) is 16.3. The van der Waals surface area contributed by atoms with Crippen LogP contribution in [0.3, 0.4) is 0 Å². The van der Waals surface area contributed by atoms with Gasteiger partial charge < -0.3 is 37.9 Å². The van der Waals surface area contributed by atoms with Crippen molar-refractivity contribution in [3.8, 4) is 0 Å². The van der Waals surface area contributed by atoms with Crippen molar-refractivity contribution in [2.45, 2.75) is 73.5 Å². The Morgan fingerprint density at radius 2 is 0.576 bits per heavy atom. The van der Waals surface area contributed by atoms with Crippen molar-refractivity contribution in [3.63, 3.8) is 0 Å². The Morgan fingerprint density at radius 1 is 0.394 bits per heavy atom. The van der Waals surface area contributed by atoms with Gasteiger partial charge in [-0.3, -0.25) is 0 Å². The molecular weight excluding hydrogens is 493 g/mol. The Balaban J connectivity index is 5.33. The van der Waals surface area contributed by atoms with Gasteiger partial charge in [0.2, 0.25) is 0 Å². The van der Waals surface area contributed by atoms with Crippen molar-refractivity contribution in [2.75, 3.05) is 56.9 Å². The minimum atomic E-state index is -0.127. The van der Waals surface area contributed by atoms with Crippen LogP contribution in [0.1, 0.15) is 25.7 Å². The number of ether oxygens (including phenoxy) is 8. The molecule has 0 N–H and O–H groups in total. The highest BCUT2D eigenvalue weighted by Gasteiger charge is 2.31. The van der Waals surface area contributed by atoms with Crippen molar-refractivity contribution in [1.82, 2.24) is 0 Å². The molecule has 0 saturated heterocycles. The minimum absolute atomic E-state index is 0.127. The van der Waals surface area contributed by atoms with E-state index in [1.165, 1.54) is 0 Å². The lowest BCUT2D eigenvalue weighted by Crippen LogP contribution is -2.30. The molecule has 0 heterocycles. The number of hydrogen-bond donors (Lipinski definition) is 0. The van der Waals surface area contributed by atoms with Gasteiger partial charge in [0, 0.05) is 56.9 Å². The van der Waals surface area contributed by atoms with Crippen LogP contribution in [-0.4, -0.2) is 119 Å². The molecule has 0 aliphatic rings. The third-order valence-corrected chi connectivity index (χ3v) is 11.0. The standard InChI is InChI=1S/C21H44O8Si4/c1-22-17(23-2)30-13-9-21(10-14-31-18(24-3)25-4,11-15-32-19(26-5)27-6)12-16-33-20(28-7)29-8/h17-20H,9-16H2,1-8H3. The van der Waals surface area contributed by atoms with E-state index in [1.54, 1.807) is 56.9 Å². The molecule has 0 bridgehead atoms. The Labute approximate surface area is 211 Å². The van der Waals surface area contributed by atoms with Gasteiger partial charge in [-0.05, 0) is 5.41 Å². The van der Waals surface area contributed by atoms with Gasteiger partial charge in [-0.2, -0.15) is 0 Å². The predicted molar refractivity (Wildman–Crippen MR) is 134 cm³/mol. The van der Waals surface area contributed by atoms with E-state index in [4.69, 9.17) is 37.9 Å². The van der Waals surface area contributed by atoms with E-state index in [9.17, 15) is 0 Å². The molecule has 0 fully saturated rings. The molecule has 0 amide bonds. The lowest BCUT2D eigenvalue weighted by molar-refractivity contribution is -0.0448. The zero-order chi connectivity index (χ0) is 25.0. The largest absolute Gasteiger partial charge is 0.360 e. The van der Waals surface area contributed by atoms with Crippen molar-refractivity contribution in [3.05, 3.63) is 0 Å². The average molecular weight is 537 g/mol. The molecule has 8 radical (unpaired) electrons. The Morgan fingerprint density at radius 3 is 0.727 bits per heavy atom. The first kappa shape index (κ1) is 33.5. The monoisotopic (exact) mass is 536 g/mol. The van der Waals surface area contributed by atoms with E-state index in [-0.39, 0.29) is 29.1 Å². The molecule has 0 atom stereocenters. The van der Waals surface area contributed by atoms with Gasteiger partial charge in [-0.25, -0.2) is 0 Å². The maximum atomic E-state index is 5.43. The average Bonchev–Trinajstić information content (AvgIpc) is 2.85. The first-order valence-electron chi connectivity index (χ1n) is 11.1. The van der Waals surface area contributed by atoms with Gasteiger partial charge in [0.1, 0.15) is 61.7 Å².